The second-order valence-corrected chi connectivity index (χ2v) is 5.38. The predicted molar refractivity (Wildman–Crippen MR) is 83.8 cm³/mol. The van der Waals surface area contributed by atoms with Crippen LogP contribution >= 0.6 is 0 Å². The lowest BCUT2D eigenvalue weighted by atomic mass is 10.0. The molecule has 0 fully saturated rings. The van der Waals surface area contributed by atoms with Crippen LogP contribution in [0.1, 0.15) is 20.3 Å². The molecule has 22 heavy (non-hydrogen) atoms. The first kappa shape index (κ1) is 16.0. The first-order chi connectivity index (χ1) is 10.6. The van der Waals surface area contributed by atoms with Crippen molar-refractivity contribution in [3.63, 3.8) is 0 Å². The van der Waals surface area contributed by atoms with Crippen molar-refractivity contribution in [2.24, 2.45) is 5.92 Å². The minimum absolute atomic E-state index is 0.189. The number of aliphatic hydroxyl groups is 1. The van der Waals surface area contributed by atoms with Crippen LogP contribution in [0.4, 0.5) is 10.5 Å². The Morgan fingerprint density at radius 2 is 2.05 bits per heavy atom. The molecular weight excluding hydrogens is 282 g/mol. The van der Waals surface area contributed by atoms with Crippen LogP contribution in [0.5, 0.6) is 0 Å². The zero-order valence-corrected chi connectivity index (χ0v) is 12.7. The summed E-state index contributed by atoms with van der Waals surface area (Å²) in [6.07, 6.45) is 3.48. The Labute approximate surface area is 129 Å². The summed E-state index contributed by atoms with van der Waals surface area (Å²) >= 11 is 0. The third-order valence-corrected chi connectivity index (χ3v) is 3.31. The Hall–Kier alpha value is -2.41. The van der Waals surface area contributed by atoms with Crippen LogP contribution in [0.3, 0.4) is 0 Å². The van der Waals surface area contributed by atoms with Crippen molar-refractivity contribution >= 4 is 11.7 Å². The van der Waals surface area contributed by atoms with Gasteiger partial charge in [0.05, 0.1) is 24.2 Å². The van der Waals surface area contributed by atoms with Gasteiger partial charge in [-0.05, 0) is 36.6 Å². The van der Waals surface area contributed by atoms with Crippen LogP contribution in [0.25, 0.3) is 5.69 Å². The van der Waals surface area contributed by atoms with Gasteiger partial charge >= 0.3 is 6.03 Å². The topological polar surface area (TPSA) is 92.1 Å². The largest absolute Gasteiger partial charge is 0.393 e. The molecule has 1 unspecified atom stereocenters. The summed E-state index contributed by atoms with van der Waals surface area (Å²) in [7, 11) is 0. The smallest absolute Gasteiger partial charge is 0.319 e. The van der Waals surface area contributed by atoms with E-state index in [1.807, 2.05) is 26.0 Å². The lowest BCUT2D eigenvalue weighted by molar-refractivity contribution is 0.117. The number of amides is 2. The van der Waals surface area contributed by atoms with E-state index in [1.165, 1.54) is 0 Å². The number of aromatic nitrogens is 3. The molecule has 1 aromatic heterocycles. The third-order valence-electron chi connectivity index (χ3n) is 3.31. The van der Waals surface area contributed by atoms with Crippen LogP contribution in [0.15, 0.2) is 36.7 Å². The van der Waals surface area contributed by atoms with Crippen molar-refractivity contribution in [2.75, 3.05) is 11.9 Å². The Bertz CT molecular complexity index is 580. The standard InChI is InChI=1S/C15H21N5O2/c1-11(2)14(21)7-8-16-15(22)18-12-3-5-13(6-4-12)20-10-9-17-19-20/h3-6,9-11,14,21H,7-8H2,1-2H3,(H2,16,18,22). The number of carbonyl (C=O) groups is 1. The van der Waals surface area contributed by atoms with Crippen LogP contribution < -0.4 is 10.6 Å². The number of urea groups is 1. The number of hydrogen-bond acceptors (Lipinski definition) is 4. The van der Waals surface area contributed by atoms with E-state index in [0.29, 0.717) is 18.7 Å². The van der Waals surface area contributed by atoms with E-state index >= 15 is 0 Å². The van der Waals surface area contributed by atoms with Gasteiger partial charge in [0.2, 0.25) is 0 Å². The van der Waals surface area contributed by atoms with E-state index in [0.717, 1.165) is 5.69 Å². The molecule has 7 nitrogen and oxygen atoms in total. The molecule has 0 aliphatic carbocycles. The van der Waals surface area contributed by atoms with Crippen molar-refractivity contribution in [1.29, 1.82) is 0 Å². The van der Waals surface area contributed by atoms with Gasteiger partial charge < -0.3 is 15.7 Å². The van der Waals surface area contributed by atoms with Gasteiger partial charge in [0, 0.05) is 12.2 Å². The van der Waals surface area contributed by atoms with Crippen molar-refractivity contribution in [2.45, 2.75) is 26.4 Å². The molecule has 1 atom stereocenters. The lowest BCUT2D eigenvalue weighted by Gasteiger charge is -2.14. The minimum atomic E-state index is -0.401. The normalized spacial score (nSPS) is 12.2. The molecule has 0 saturated heterocycles. The van der Waals surface area contributed by atoms with Crippen molar-refractivity contribution in [3.8, 4) is 5.69 Å². The fourth-order valence-electron chi connectivity index (χ4n) is 1.89. The fraction of sp³-hybridized carbons (Fsp3) is 0.400. The predicted octanol–water partition coefficient (Wildman–Crippen LogP) is 1.80. The molecule has 0 aliphatic rings. The molecule has 2 aromatic rings. The van der Waals surface area contributed by atoms with E-state index in [4.69, 9.17) is 0 Å². The Morgan fingerprint density at radius 3 is 2.64 bits per heavy atom. The van der Waals surface area contributed by atoms with Crippen LogP contribution in [-0.2, 0) is 0 Å². The molecule has 0 bridgehead atoms. The van der Waals surface area contributed by atoms with Crippen molar-refractivity contribution in [3.05, 3.63) is 36.7 Å². The quantitative estimate of drug-likeness (QED) is 0.758. The van der Waals surface area contributed by atoms with Gasteiger partial charge in [0.25, 0.3) is 0 Å². The number of nitrogens with zero attached hydrogens (tertiary/aromatic N) is 3. The molecule has 0 radical (unpaired) electrons. The number of carbonyl (C=O) groups excluding carboxylic acids is 1. The van der Waals surface area contributed by atoms with Gasteiger partial charge in [-0.3, -0.25) is 0 Å². The highest BCUT2D eigenvalue weighted by Crippen LogP contribution is 2.12. The van der Waals surface area contributed by atoms with Gasteiger partial charge in [-0.25, -0.2) is 9.48 Å². The monoisotopic (exact) mass is 303 g/mol. The zero-order chi connectivity index (χ0) is 15.9. The Balaban J connectivity index is 1.79. The molecule has 0 aliphatic heterocycles. The van der Waals surface area contributed by atoms with Crippen LogP contribution in [-0.4, -0.2) is 38.8 Å². The van der Waals surface area contributed by atoms with Gasteiger partial charge in [-0.1, -0.05) is 19.1 Å². The lowest BCUT2D eigenvalue weighted by Crippen LogP contribution is -2.32. The highest BCUT2D eigenvalue weighted by atomic mass is 16.3. The zero-order valence-electron chi connectivity index (χ0n) is 12.7. The van der Waals surface area contributed by atoms with Gasteiger partial charge in [-0.2, -0.15) is 0 Å². The SMILES string of the molecule is CC(C)C(O)CCNC(=O)Nc1ccc(-n2ccnn2)cc1. The van der Waals surface area contributed by atoms with Crippen LogP contribution in [0, 0.1) is 5.92 Å². The molecule has 7 heteroatoms. The third kappa shape index (κ3) is 4.56. The molecule has 1 aromatic carbocycles. The van der Waals surface area contributed by atoms with E-state index in [1.54, 1.807) is 29.2 Å². The van der Waals surface area contributed by atoms with E-state index in [-0.39, 0.29) is 11.9 Å². The summed E-state index contributed by atoms with van der Waals surface area (Å²) in [5, 5.41) is 22.8. The number of anilines is 1. The first-order valence-corrected chi connectivity index (χ1v) is 7.26. The molecule has 3 N–H and O–H groups in total. The van der Waals surface area contributed by atoms with Crippen molar-refractivity contribution < 1.29 is 9.90 Å². The maximum Gasteiger partial charge on any atom is 0.319 e. The number of nitrogens with one attached hydrogen (secondary N) is 2. The summed E-state index contributed by atoms with van der Waals surface area (Å²) in [4.78, 5) is 11.7. The first-order valence-electron chi connectivity index (χ1n) is 7.26. The molecular formula is C15H21N5O2. The van der Waals surface area contributed by atoms with E-state index in [9.17, 15) is 9.90 Å². The van der Waals surface area contributed by atoms with Gasteiger partial charge in [0.15, 0.2) is 0 Å². The molecule has 2 rings (SSSR count). The summed E-state index contributed by atoms with van der Waals surface area (Å²) in [5.74, 6) is 0.189. The molecule has 1 heterocycles. The minimum Gasteiger partial charge on any atom is -0.393 e. The maximum atomic E-state index is 11.7. The summed E-state index contributed by atoms with van der Waals surface area (Å²) < 4.78 is 1.64. The Kier molecular flexibility index (Phi) is 5.48. The summed E-state index contributed by atoms with van der Waals surface area (Å²) in [6, 6.07) is 6.98. The Morgan fingerprint density at radius 1 is 1.32 bits per heavy atom. The summed E-state index contributed by atoms with van der Waals surface area (Å²) in [5.41, 5.74) is 1.55. The highest BCUT2D eigenvalue weighted by Gasteiger charge is 2.09. The fourth-order valence-corrected chi connectivity index (χ4v) is 1.89. The van der Waals surface area contributed by atoms with E-state index < -0.39 is 6.10 Å². The average Bonchev–Trinajstić information content (AvgIpc) is 3.02. The summed E-state index contributed by atoms with van der Waals surface area (Å²) in [6.45, 7) is 4.32. The molecule has 2 amide bonds. The number of benzene rings is 1. The average molecular weight is 303 g/mol. The maximum absolute atomic E-state index is 11.7. The van der Waals surface area contributed by atoms with Gasteiger partial charge in [0.1, 0.15) is 0 Å². The number of hydrogen-bond donors (Lipinski definition) is 3. The number of rotatable bonds is 6. The van der Waals surface area contributed by atoms with Crippen molar-refractivity contribution in [1.82, 2.24) is 20.3 Å². The van der Waals surface area contributed by atoms with Gasteiger partial charge in [-0.15, -0.1) is 5.10 Å². The number of aliphatic hydroxyl groups excluding tert-OH is 1. The molecule has 118 valence electrons. The molecule has 0 spiro atoms. The van der Waals surface area contributed by atoms with Crippen LogP contribution in [0.2, 0.25) is 0 Å². The second kappa shape index (κ2) is 7.56. The highest BCUT2D eigenvalue weighted by molar-refractivity contribution is 5.89. The second-order valence-electron chi connectivity index (χ2n) is 5.38. The van der Waals surface area contributed by atoms with E-state index in [2.05, 4.69) is 20.9 Å². The molecule has 0 saturated carbocycles.